The number of methoxy groups -OCH3 is 2. The highest BCUT2D eigenvalue weighted by Crippen LogP contribution is 2.34. The second-order valence-corrected chi connectivity index (χ2v) is 11.8. The van der Waals surface area contributed by atoms with Crippen LogP contribution in [0.3, 0.4) is 0 Å². The first-order chi connectivity index (χ1) is 18.0. The number of carbonyl (C=O) groups excluding carboxylic acids is 2. The summed E-state index contributed by atoms with van der Waals surface area (Å²) >= 11 is 6.03. The number of nitrogens with one attached hydrogen (secondary N) is 1. The summed E-state index contributed by atoms with van der Waals surface area (Å²) in [6.07, 6.45) is 6.08. The van der Waals surface area contributed by atoms with E-state index in [1.807, 2.05) is 0 Å². The molecule has 0 saturated heterocycles. The maximum Gasteiger partial charge on any atom is 0.244 e. The third-order valence-electron chi connectivity index (χ3n) is 6.72. The van der Waals surface area contributed by atoms with Crippen LogP contribution in [0.2, 0.25) is 5.02 Å². The molecule has 1 N–H and O–H groups in total. The third kappa shape index (κ3) is 7.77. The van der Waals surface area contributed by atoms with Gasteiger partial charge in [-0.3, -0.25) is 13.9 Å². The third-order valence-corrected chi connectivity index (χ3v) is 8.10. The molecule has 1 aliphatic rings. The Balaban J connectivity index is 1.93. The van der Waals surface area contributed by atoms with Crippen molar-refractivity contribution in [1.29, 1.82) is 0 Å². The zero-order chi connectivity index (χ0) is 27.9. The molecule has 1 saturated carbocycles. The predicted molar refractivity (Wildman–Crippen MR) is 148 cm³/mol. The summed E-state index contributed by atoms with van der Waals surface area (Å²) in [5.41, 5.74) is 0.915. The lowest BCUT2D eigenvalue weighted by atomic mass is 9.95. The Kier molecular flexibility index (Phi) is 10.3. The Bertz CT molecular complexity index is 1220. The SMILES string of the molecule is COc1ccc(OC)c(N(CC(=O)N(Cc2ccc(Cl)cc2)[C@H](C)C(=O)NC2CCCCC2)S(C)(=O)=O)c1. The highest BCUT2D eigenvalue weighted by Gasteiger charge is 2.32. The van der Waals surface area contributed by atoms with Crippen LogP contribution in [0.25, 0.3) is 0 Å². The molecule has 0 spiro atoms. The van der Waals surface area contributed by atoms with E-state index in [1.165, 1.54) is 25.2 Å². The fraction of sp³-hybridized carbons (Fsp3) is 0.481. The number of hydrogen-bond donors (Lipinski definition) is 1. The van der Waals surface area contributed by atoms with Crippen molar-refractivity contribution >= 4 is 39.1 Å². The van der Waals surface area contributed by atoms with E-state index < -0.39 is 28.5 Å². The van der Waals surface area contributed by atoms with Crippen molar-refractivity contribution in [2.75, 3.05) is 31.3 Å². The summed E-state index contributed by atoms with van der Waals surface area (Å²) in [5.74, 6) is -0.151. The monoisotopic (exact) mass is 565 g/mol. The minimum absolute atomic E-state index is 0.0692. The molecule has 11 heteroatoms. The molecule has 0 aliphatic heterocycles. The van der Waals surface area contributed by atoms with Crippen molar-refractivity contribution in [2.45, 2.75) is 57.7 Å². The van der Waals surface area contributed by atoms with Gasteiger partial charge in [-0.25, -0.2) is 8.42 Å². The molecule has 208 valence electrons. The van der Waals surface area contributed by atoms with Crippen molar-refractivity contribution in [3.05, 3.63) is 53.1 Å². The molecule has 0 aromatic heterocycles. The van der Waals surface area contributed by atoms with Crippen LogP contribution in [0.15, 0.2) is 42.5 Å². The summed E-state index contributed by atoms with van der Waals surface area (Å²) in [6.45, 7) is 1.22. The topological polar surface area (TPSA) is 105 Å². The standard InChI is InChI=1S/C27H36ClN3O6S/c1-19(27(33)29-22-8-6-5-7-9-22)30(17-20-10-12-21(28)13-11-20)26(32)18-31(38(4,34)35)24-16-23(36-2)14-15-25(24)37-3/h10-16,19,22H,5-9,17-18H2,1-4H3,(H,29,33)/t19-/m1/s1. The highest BCUT2D eigenvalue weighted by atomic mass is 35.5. The van der Waals surface area contributed by atoms with E-state index in [9.17, 15) is 18.0 Å². The Labute approximate surface area is 230 Å². The maximum atomic E-state index is 13.8. The Morgan fingerprint density at radius 3 is 2.29 bits per heavy atom. The average Bonchev–Trinajstić information content (AvgIpc) is 2.90. The van der Waals surface area contributed by atoms with Crippen molar-refractivity contribution in [3.63, 3.8) is 0 Å². The van der Waals surface area contributed by atoms with Crippen molar-refractivity contribution in [3.8, 4) is 11.5 Å². The molecule has 9 nitrogen and oxygen atoms in total. The molecule has 2 aromatic carbocycles. The average molecular weight is 566 g/mol. The van der Waals surface area contributed by atoms with Crippen LogP contribution in [0.5, 0.6) is 11.5 Å². The number of benzene rings is 2. The second-order valence-electron chi connectivity index (χ2n) is 9.48. The molecule has 38 heavy (non-hydrogen) atoms. The van der Waals surface area contributed by atoms with Crippen molar-refractivity contribution in [2.24, 2.45) is 0 Å². The van der Waals surface area contributed by atoms with E-state index in [1.54, 1.807) is 43.3 Å². The molecule has 0 bridgehead atoms. The van der Waals surface area contributed by atoms with Gasteiger partial charge in [0.1, 0.15) is 24.1 Å². The first kappa shape index (κ1) is 29.6. The van der Waals surface area contributed by atoms with E-state index in [2.05, 4.69) is 5.32 Å². The van der Waals surface area contributed by atoms with E-state index >= 15 is 0 Å². The van der Waals surface area contributed by atoms with Gasteiger partial charge < -0.3 is 19.7 Å². The second kappa shape index (κ2) is 13.2. The maximum absolute atomic E-state index is 13.8. The number of nitrogens with zero attached hydrogens (tertiary/aromatic N) is 2. The van der Waals surface area contributed by atoms with Crippen LogP contribution < -0.4 is 19.1 Å². The highest BCUT2D eigenvalue weighted by molar-refractivity contribution is 7.92. The van der Waals surface area contributed by atoms with Crippen LogP contribution in [-0.4, -0.2) is 64.2 Å². The van der Waals surface area contributed by atoms with Crippen LogP contribution in [0.4, 0.5) is 5.69 Å². The van der Waals surface area contributed by atoms with E-state index in [4.69, 9.17) is 21.1 Å². The largest absolute Gasteiger partial charge is 0.497 e. The molecular formula is C27H36ClN3O6S. The number of rotatable bonds is 11. The summed E-state index contributed by atoms with van der Waals surface area (Å²) in [7, 11) is -1.04. The van der Waals surface area contributed by atoms with Crippen molar-refractivity contribution < 1.29 is 27.5 Å². The molecule has 2 amide bonds. The summed E-state index contributed by atoms with van der Waals surface area (Å²) in [6, 6.07) is 10.9. The Morgan fingerprint density at radius 1 is 1.05 bits per heavy atom. The number of halogens is 1. The lowest BCUT2D eigenvalue weighted by molar-refractivity contribution is -0.139. The van der Waals surface area contributed by atoms with Crippen LogP contribution >= 0.6 is 11.6 Å². The molecule has 1 aliphatic carbocycles. The molecule has 1 atom stereocenters. The quantitative estimate of drug-likeness (QED) is 0.442. The van der Waals surface area contributed by atoms with Gasteiger partial charge >= 0.3 is 0 Å². The number of ether oxygens (including phenoxy) is 2. The fourth-order valence-corrected chi connectivity index (χ4v) is 5.50. The molecule has 2 aromatic rings. The van der Waals surface area contributed by atoms with Gasteiger partial charge in [0.15, 0.2) is 0 Å². The summed E-state index contributed by atoms with van der Waals surface area (Å²) < 4.78 is 37.4. The lowest BCUT2D eigenvalue weighted by Gasteiger charge is -2.33. The number of hydrogen-bond acceptors (Lipinski definition) is 6. The normalized spacial score (nSPS) is 14.9. The first-order valence-corrected chi connectivity index (χ1v) is 14.8. The number of carbonyl (C=O) groups is 2. The molecular weight excluding hydrogens is 530 g/mol. The van der Waals surface area contributed by atoms with E-state index in [0.717, 1.165) is 48.2 Å². The minimum Gasteiger partial charge on any atom is -0.497 e. The molecule has 3 rings (SSSR count). The van der Waals surface area contributed by atoms with Gasteiger partial charge in [0.25, 0.3) is 0 Å². The van der Waals surface area contributed by atoms with Gasteiger partial charge in [0, 0.05) is 23.7 Å². The smallest absolute Gasteiger partial charge is 0.244 e. The number of amides is 2. The van der Waals surface area contributed by atoms with Gasteiger partial charge in [-0.15, -0.1) is 0 Å². The fourth-order valence-electron chi connectivity index (χ4n) is 4.52. The van der Waals surface area contributed by atoms with E-state index in [0.29, 0.717) is 10.8 Å². The predicted octanol–water partition coefficient (Wildman–Crippen LogP) is 3.99. The summed E-state index contributed by atoms with van der Waals surface area (Å²) in [4.78, 5) is 28.4. The van der Waals surface area contributed by atoms with Gasteiger partial charge in [0.2, 0.25) is 21.8 Å². The zero-order valence-electron chi connectivity index (χ0n) is 22.3. The van der Waals surface area contributed by atoms with Gasteiger partial charge in [-0.05, 0) is 49.6 Å². The van der Waals surface area contributed by atoms with Gasteiger partial charge in [0.05, 0.1) is 26.2 Å². The number of sulfonamides is 1. The molecule has 0 unspecified atom stereocenters. The van der Waals surface area contributed by atoms with Crippen LogP contribution in [0.1, 0.15) is 44.6 Å². The van der Waals surface area contributed by atoms with Crippen LogP contribution in [0, 0.1) is 0 Å². The molecule has 0 radical (unpaired) electrons. The van der Waals surface area contributed by atoms with Gasteiger partial charge in [-0.2, -0.15) is 0 Å². The first-order valence-electron chi connectivity index (χ1n) is 12.6. The minimum atomic E-state index is -3.92. The molecule has 0 heterocycles. The summed E-state index contributed by atoms with van der Waals surface area (Å²) in [5, 5.41) is 3.62. The Hall–Kier alpha value is -2.98. The van der Waals surface area contributed by atoms with Crippen molar-refractivity contribution in [1.82, 2.24) is 10.2 Å². The van der Waals surface area contributed by atoms with Crippen LogP contribution in [-0.2, 0) is 26.2 Å². The molecule has 1 fully saturated rings. The lowest BCUT2D eigenvalue weighted by Crippen LogP contribution is -2.53. The zero-order valence-corrected chi connectivity index (χ0v) is 23.8. The van der Waals surface area contributed by atoms with E-state index in [-0.39, 0.29) is 29.9 Å². The van der Waals surface area contributed by atoms with Gasteiger partial charge in [-0.1, -0.05) is 43.0 Å². The Morgan fingerprint density at radius 2 is 1.71 bits per heavy atom. The number of anilines is 1.